The summed E-state index contributed by atoms with van der Waals surface area (Å²) in [4.78, 5) is 26.1. The second-order valence-corrected chi connectivity index (χ2v) is 10.1. The van der Waals surface area contributed by atoms with Crippen molar-refractivity contribution in [2.24, 2.45) is 4.99 Å². The number of ether oxygens (including phenoxy) is 1. The summed E-state index contributed by atoms with van der Waals surface area (Å²) in [6.45, 7) is 4.67. The molecule has 3 heterocycles. The number of halogens is 2. The third kappa shape index (κ3) is 5.80. The van der Waals surface area contributed by atoms with Gasteiger partial charge < -0.3 is 19.8 Å². The molecule has 2 aliphatic heterocycles. The van der Waals surface area contributed by atoms with E-state index in [2.05, 4.69) is 25.8 Å². The van der Waals surface area contributed by atoms with Crippen LogP contribution in [0.5, 0.6) is 0 Å². The lowest BCUT2D eigenvalue weighted by atomic mass is 9.93. The van der Waals surface area contributed by atoms with Crippen LogP contribution in [0.1, 0.15) is 36.4 Å². The largest absolute Gasteiger partial charge is 0.478 e. The van der Waals surface area contributed by atoms with Crippen LogP contribution in [0.15, 0.2) is 50.5 Å². The number of hydrogen-bond donors (Lipinski definition) is 2. The van der Waals surface area contributed by atoms with Crippen molar-refractivity contribution in [1.82, 2.24) is 14.8 Å². The standard InChI is InChI=1S/C24H28BrFN4O4S/c1-2-30-21(17-6-5-15(26)12-18(17)25)20(24(32)33)19(28-22(30)23-27-7-11-35-23)14-29-8-10-34-16(13-29)4-3-9-31/h5-7,11-12,16,21,31H,2-4,8-10,13-14H2,1H3,(H,32,33). The number of aliphatic hydroxyl groups is 1. The number of carboxylic acid groups (broad SMARTS) is 1. The Morgan fingerprint density at radius 1 is 1.40 bits per heavy atom. The summed E-state index contributed by atoms with van der Waals surface area (Å²) in [6, 6.07) is 3.64. The van der Waals surface area contributed by atoms with Crippen molar-refractivity contribution in [2.75, 3.05) is 39.4 Å². The molecule has 2 aromatic rings. The molecule has 0 aliphatic carbocycles. The molecule has 1 aromatic carbocycles. The Bertz CT molecular complexity index is 1110. The molecule has 0 saturated carbocycles. The van der Waals surface area contributed by atoms with Crippen molar-refractivity contribution in [2.45, 2.75) is 31.9 Å². The molecular weight excluding hydrogens is 539 g/mol. The zero-order chi connectivity index (χ0) is 24.9. The Hall–Kier alpha value is -2.18. The van der Waals surface area contributed by atoms with Crippen molar-refractivity contribution < 1.29 is 24.1 Å². The fourth-order valence-electron chi connectivity index (χ4n) is 4.56. The second-order valence-electron chi connectivity index (χ2n) is 8.39. The number of rotatable bonds is 9. The lowest BCUT2D eigenvalue weighted by Gasteiger charge is -2.39. The molecular formula is C24H28BrFN4O4S. The van der Waals surface area contributed by atoms with Gasteiger partial charge in [0, 0.05) is 48.8 Å². The quantitative estimate of drug-likeness (QED) is 0.477. The number of amidine groups is 1. The Labute approximate surface area is 215 Å². The fourth-order valence-corrected chi connectivity index (χ4v) is 5.77. The molecule has 2 aliphatic rings. The van der Waals surface area contributed by atoms with Crippen LogP contribution in [0.3, 0.4) is 0 Å². The van der Waals surface area contributed by atoms with Crippen LogP contribution in [0.4, 0.5) is 4.39 Å². The van der Waals surface area contributed by atoms with E-state index in [1.165, 1.54) is 23.5 Å². The number of thiazole rings is 1. The molecule has 1 fully saturated rings. The molecule has 188 valence electrons. The highest BCUT2D eigenvalue weighted by Crippen LogP contribution is 2.40. The molecule has 4 rings (SSSR count). The van der Waals surface area contributed by atoms with Gasteiger partial charge in [0.15, 0.2) is 10.8 Å². The number of morpholine rings is 1. The Kier molecular flexibility index (Phi) is 8.66. The minimum absolute atomic E-state index is 0.0232. The Morgan fingerprint density at radius 3 is 2.89 bits per heavy atom. The molecule has 1 aromatic heterocycles. The fraction of sp³-hybridized carbons (Fsp3) is 0.458. The van der Waals surface area contributed by atoms with E-state index in [0.29, 0.717) is 65.8 Å². The number of aliphatic imine (C=N–C) groups is 1. The van der Waals surface area contributed by atoms with Gasteiger partial charge in [-0.05, 0) is 37.5 Å². The van der Waals surface area contributed by atoms with Crippen molar-refractivity contribution in [3.05, 3.63) is 61.9 Å². The van der Waals surface area contributed by atoms with Gasteiger partial charge >= 0.3 is 5.97 Å². The van der Waals surface area contributed by atoms with E-state index in [1.807, 2.05) is 17.2 Å². The number of aromatic nitrogens is 1. The van der Waals surface area contributed by atoms with E-state index in [0.717, 1.165) is 6.42 Å². The number of likely N-dealkylation sites (N-methyl/N-ethyl adjacent to an activating group) is 1. The van der Waals surface area contributed by atoms with Crippen LogP contribution in [-0.4, -0.2) is 82.3 Å². The van der Waals surface area contributed by atoms with Gasteiger partial charge in [-0.2, -0.15) is 0 Å². The SMILES string of the molecule is CCN1C(c2nccs2)=NC(CN2CCOC(CCCO)C2)=C(C(=O)O)C1c1ccc(F)cc1Br. The highest BCUT2D eigenvalue weighted by Gasteiger charge is 2.39. The number of carboxylic acids is 1. The molecule has 2 N–H and O–H groups in total. The first kappa shape index (κ1) is 25.9. The van der Waals surface area contributed by atoms with Gasteiger partial charge in [0.25, 0.3) is 0 Å². The molecule has 0 spiro atoms. The van der Waals surface area contributed by atoms with Gasteiger partial charge in [-0.1, -0.05) is 22.0 Å². The molecule has 0 bridgehead atoms. The second kappa shape index (κ2) is 11.7. The minimum Gasteiger partial charge on any atom is -0.478 e. The number of hydrogen-bond acceptors (Lipinski definition) is 8. The molecule has 1 saturated heterocycles. The van der Waals surface area contributed by atoms with Crippen LogP contribution in [0.25, 0.3) is 0 Å². The van der Waals surface area contributed by atoms with Gasteiger partial charge in [0.05, 0.1) is 30.0 Å². The van der Waals surface area contributed by atoms with Gasteiger partial charge in [0.2, 0.25) is 0 Å². The number of aliphatic hydroxyl groups excluding tert-OH is 1. The smallest absolute Gasteiger partial charge is 0.335 e. The van der Waals surface area contributed by atoms with E-state index < -0.39 is 17.8 Å². The van der Waals surface area contributed by atoms with Crippen LogP contribution in [0.2, 0.25) is 0 Å². The Morgan fingerprint density at radius 2 is 2.23 bits per heavy atom. The average Bonchev–Trinajstić information content (AvgIpc) is 3.37. The summed E-state index contributed by atoms with van der Waals surface area (Å²) in [5.41, 5.74) is 1.27. The topological polar surface area (TPSA) is 98.5 Å². The Balaban J connectivity index is 1.79. The highest BCUT2D eigenvalue weighted by molar-refractivity contribution is 9.10. The normalized spacial score (nSPS) is 21.4. The molecule has 0 amide bonds. The van der Waals surface area contributed by atoms with Crippen molar-refractivity contribution >= 4 is 39.1 Å². The summed E-state index contributed by atoms with van der Waals surface area (Å²) in [7, 11) is 0. The van der Waals surface area contributed by atoms with Crippen molar-refractivity contribution in [1.29, 1.82) is 0 Å². The summed E-state index contributed by atoms with van der Waals surface area (Å²) < 4.78 is 20.2. The van der Waals surface area contributed by atoms with Crippen LogP contribution < -0.4 is 0 Å². The number of carbonyl (C=O) groups is 1. The lowest BCUT2D eigenvalue weighted by Crippen LogP contribution is -2.46. The van der Waals surface area contributed by atoms with Crippen molar-refractivity contribution in [3.8, 4) is 0 Å². The summed E-state index contributed by atoms with van der Waals surface area (Å²) >= 11 is 4.89. The zero-order valence-electron chi connectivity index (χ0n) is 19.4. The molecule has 2 atom stereocenters. The van der Waals surface area contributed by atoms with E-state index >= 15 is 0 Å². The number of aliphatic carboxylic acids is 1. The predicted octanol–water partition coefficient (Wildman–Crippen LogP) is 3.68. The number of nitrogens with zero attached hydrogens (tertiary/aromatic N) is 4. The molecule has 11 heteroatoms. The summed E-state index contributed by atoms with van der Waals surface area (Å²) in [5.74, 6) is -0.864. The monoisotopic (exact) mass is 566 g/mol. The van der Waals surface area contributed by atoms with E-state index in [1.54, 1.807) is 12.3 Å². The third-order valence-electron chi connectivity index (χ3n) is 6.14. The number of benzene rings is 1. The maximum absolute atomic E-state index is 13.9. The maximum Gasteiger partial charge on any atom is 0.335 e. The predicted molar refractivity (Wildman–Crippen MR) is 135 cm³/mol. The minimum atomic E-state index is -1.06. The van der Waals surface area contributed by atoms with E-state index in [9.17, 15) is 14.3 Å². The van der Waals surface area contributed by atoms with Gasteiger partial charge in [-0.25, -0.2) is 19.2 Å². The first-order valence-corrected chi connectivity index (χ1v) is 13.2. The zero-order valence-corrected chi connectivity index (χ0v) is 21.8. The third-order valence-corrected chi connectivity index (χ3v) is 7.60. The van der Waals surface area contributed by atoms with Crippen molar-refractivity contribution in [3.63, 3.8) is 0 Å². The molecule has 8 nitrogen and oxygen atoms in total. The highest BCUT2D eigenvalue weighted by atomic mass is 79.9. The molecule has 2 unspecified atom stereocenters. The maximum atomic E-state index is 13.9. The van der Waals surface area contributed by atoms with Gasteiger partial charge in [0.1, 0.15) is 5.82 Å². The average molecular weight is 567 g/mol. The summed E-state index contributed by atoms with van der Waals surface area (Å²) in [6.07, 6.45) is 3.06. The first-order chi connectivity index (χ1) is 16.9. The van der Waals surface area contributed by atoms with Crippen LogP contribution >= 0.6 is 27.3 Å². The van der Waals surface area contributed by atoms with E-state index in [-0.39, 0.29) is 18.3 Å². The lowest BCUT2D eigenvalue weighted by molar-refractivity contribution is -0.133. The van der Waals surface area contributed by atoms with Crippen LogP contribution in [0, 0.1) is 5.82 Å². The van der Waals surface area contributed by atoms with E-state index in [4.69, 9.17) is 14.8 Å². The molecule has 0 radical (unpaired) electrons. The van der Waals surface area contributed by atoms with Gasteiger partial charge in [-0.15, -0.1) is 11.3 Å². The summed E-state index contributed by atoms with van der Waals surface area (Å²) in [5, 5.41) is 22.1. The first-order valence-electron chi connectivity index (χ1n) is 11.5. The molecule has 35 heavy (non-hydrogen) atoms. The van der Waals surface area contributed by atoms with Crippen LogP contribution in [-0.2, 0) is 9.53 Å². The van der Waals surface area contributed by atoms with Gasteiger partial charge in [-0.3, -0.25) is 4.90 Å².